The molecule has 1 unspecified atom stereocenters. The molecule has 0 aliphatic rings. The number of ether oxygens (including phenoxy) is 2. The van der Waals surface area contributed by atoms with Crippen molar-refractivity contribution in [2.45, 2.75) is 19.4 Å². The summed E-state index contributed by atoms with van der Waals surface area (Å²) in [4.78, 5) is 27.7. The average molecular weight is 344 g/mol. The van der Waals surface area contributed by atoms with E-state index in [9.17, 15) is 9.59 Å². The zero-order valence-corrected chi connectivity index (χ0v) is 14.1. The van der Waals surface area contributed by atoms with Gasteiger partial charge >= 0.3 is 5.97 Å². The van der Waals surface area contributed by atoms with Crippen molar-refractivity contribution >= 4 is 11.9 Å². The molecule has 1 aromatic heterocycles. The van der Waals surface area contributed by atoms with Gasteiger partial charge in [-0.3, -0.25) is 14.6 Å². The van der Waals surface area contributed by atoms with Gasteiger partial charge in [0.1, 0.15) is 0 Å². The van der Waals surface area contributed by atoms with E-state index < -0.39 is 17.9 Å². The van der Waals surface area contributed by atoms with Gasteiger partial charge in [-0.15, -0.1) is 0 Å². The molecule has 0 saturated carbocycles. The molecule has 0 radical (unpaired) electrons. The average Bonchev–Trinajstić information content (AvgIpc) is 2.62. The van der Waals surface area contributed by atoms with Gasteiger partial charge in [0.2, 0.25) is 0 Å². The maximum absolute atomic E-state index is 12.5. The van der Waals surface area contributed by atoms with Gasteiger partial charge in [-0.05, 0) is 37.3 Å². The number of benzene rings is 1. The lowest BCUT2D eigenvalue weighted by molar-refractivity contribution is -0.137. The quantitative estimate of drug-likeness (QED) is 0.763. The standard InChI is InChI=1S/C18H20N2O5/c1-3-25-15-8-7-12(10-16(15)24-2)18(23)20-14(11-17(21)22)13-6-4-5-9-19-13/h4-10,14H,3,11H2,1-2H3,(H,20,23)(H,21,22). The van der Waals surface area contributed by atoms with Crippen LogP contribution in [0, 0.1) is 0 Å². The third-order valence-electron chi connectivity index (χ3n) is 3.45. The first kappa shape index (κ1) is 18.3. The third kappa shape index (κ3) is 4.94. The SMILES string of the molecule is CCOc1ccc(C(=O)NC(CC(=O)O)c2ccccn2)cc1OC. The summed E-state index contributed by atoms with van der Waals surface area (Å²) >= 11 is 0. The Kier molecular flexibility index (Phi) is 6.33. The number of aromatic nitrogens is 1. The van der Waals surface area contributed by atoms with E-state index in [1.54, 1.807) is 42.6 Å². The first-order valence-electron chi connectivity index (χ1n) is 7.79. The number of nitrogens with one attached hydrogen (secondary N) is 1. The van der Waals surface area contributed by atoms with E-state index in [1.165, 1.54) is 7.11 Å². The van der Waals surface area contributed by atoms with Crippen LogP contribution in [-0.4, -0.2) is 35.7 Å². The number of amides is 1. The molecule has 2 aromatic rings. The number of rotatable bonds is 8. The summed E-state index contributed by atoms with van der Waals surface area (Å²) in [7, 11) is 1.49. The number of hydrogen-bond acceptors (Lipinski definition) is 5. The summed E-state index contributed by atoms with van der Waals surface area (Å²) in [6.45, 7) is 2.33. The first-order chi connectivity index (χ1) is 12.0. The fourth-order valence-corrected chi connectivity index (χ4v) is 2.31. The fourth-order valence-electron chi connectivity index (χ4n) is 2.31. The van der Waals surface area contributed by atoms with E-state index in [4.69, 9.17) is 14.6 Å². The second-order valence-electron chi connectivity index (χ2n) is 5.18. The van der Waals surface area contributed by atoms with Gasteiger partial charge in [-0.1, -0.05) is 6.07 Å². The molecule has 1 heterocycles. The second kappa shape index (κ2) is 8.68. The Morgan fingerprint density at radius 1 is 1.24 bits per heavy atom. The lowest BCUT2D eigenvalue weighted by atomic mass is 10.1. The van der Waals surface area contributed by atoms with Crippen molar-refractivity contribution in [2.24, 2.45) is 0 Å². The molecule has 2 rings (SSSR count). The molecule has 1 amide bonds. The van der Waals surface area contributed by atoms with Crippen molar-refractivity contribution in [3.63, 3.8) is 0 Å². The van der Waals surface area contributed by atoms with Crippen molar-refractivity contribution in [3.8, 4) is 11.5 Å². The largest absolute Gasteiger partial charge is 0.493 e. The second-order valence-corrected chi connectivity index (χ2v) is 5.18. The summed E-state index contributed by atoms with van der Waals surface area (Å²) in [5, 5.41) is 11.8. The number of carbonyl (C=O) groups is 2. The molecular formula is C18H20N2O5. The Labute approximate surface area is 145 Å². The van der Waals surface area contributed by atoms with Crippen LogP contribution < -0.4 is 14.8 Å². The van der Waals surface area contributed by atoms with E-state index in [0.29, 0.717) is 29.4 Å². The zero-order valence-electron chi connectivity index (χ0n) is 14.1. The molecule has 1 aromatic carbocycles. The van der Waals surface area contributed by atoms with Crippen LogP contribution in [0.25, 0.3) is 0 Å². The van der Waals surface area contributed by atoms with E-state index >= 15 is 0 Å². The Bertz CT molecular complexity index is 734. The third-order valence-corrected chi connectivity index (χ3v) is 3.45. The highest BCUT2D eigenvalue weighted by atomic mass is 16.5. The van der Waals surface area contributed by atoms with Crippen LogP contribution in [0.4, 0.5) is 0 Å². The van der Waals surface area contributed by atoms with Crippen molar-refractivity contribution in [1.82, 2.24) is 10.3 Å². The van der Waals surface area contributed by atoms with E-state index in [0.717, 1.165) is 0 Å². The molecule has 2 N–H and O–H groups in total. The number of nitrogens with zero attached hydrogens (tertiary/aromatic N) is 1. The van der Waals surface area contributed by atoms with Crippen LogP contribution in [-0.2, 0) is 4.79 Å². The summed E-state index contributed by atoms with van der Waals surface area (Å²) in [5.74, 6) is -0.478. The van der Waals surface area contributed by atoms with Crippen LogP contribution in [0.1, 0.15) is 35.4 Å². The number of pyridine rings is 1. The minimum absolute atomic E-state index is 0.267. The number of hydrogen-bond donors (Lipinski definition) is 2. The van der Waals surface area contributed by atoms with Gasteiger partial charge in [0, 0.05) is 11.8 Å². The highest BCUT2D eigenvalue weighted by Gasteiger charge is 2.20. The Hall–Kier alpha value is -3.09. The van der Waals surface area contributed by atoms with Gasteiger partial charge in [0.15, 0.2) is 11.5 Å². The van der Waals surface area contributed by atoms with Gasteiger partial charge in [0.05, 0.1) is 31.9 Å². The smallest absolute Gasteiger partial charge is 0.305 e. The van der Waals surface area contributed by atoms with Gasteiger partial charge < -0.3 is 19.9 Å². The normalized spacial score (nSPS) is 11.4. The summed E-state index contributed by atoms with van der Waals surface area (Å²) in [6.07, 6.45) is 1.28. The zero-order chi connectivity index (χ0) is 18.2. The fraction of sp³-hybridized carbons (Fsp3) is 0.278. The Morgan fingerprint density at radius 3 is 2.64 bits per heavy atom. The van der Waals surface area contributed by atoms with E-state index in [2.05, 4.69) is 10.3 Å². The molecule has 0 bridgehead atoms. The summed E-state index contributed by atoms with van der Waals surface area (Å²) < 4.78 is 10.7. The van der Waals surface area contributed by atoms with Crippen LogP contribution in [0.2, 0.25) is 0 Å². The van der Waals surface area contributed by atoms with Crippen molar-refractivity contribution in [3.05, 3.63) is 53.9 Å². The Balaban J connectivity index is 2.21. The number of carboxylic acids is 1. The summed E-state index contributed by atoms with van der Waals surface area (Å²) in [5.41, 5.74) is 0.822. The lowest BCUT2D eigenvalue weighted by Crippen LogP contribution is -2.30. The predicted octanol–water partition coefficient (Wildman–Crippen LogP) is 2.43. The van der Waals surface area contributed by atoms with Crippen molar-refractivity contribution < 1.29 is 24.2 Å². The monoisotopic (exact) mass is 344 g/mol. The number of carbonyl (C=O) groups excluding carboxylic acids is 1. The van der Waals surface area contributed by atoms with Crippen LogP contribution in [0.5, 0.6) is 11.5 Å². The van der Waals surface area contributed by atoms with Gasteiger partial charge in [-0.25, -0.2) is 0 Å². The number of aliphatic carboxylic acids is 1. The molecule has 0 aliphatic heterocycles. The highest BCUT2D eigenvalue weighted by Crippen LogP contribution is 2.28. The molecule has 1 atom stereocenters. The highest BCUT2D eigenvalue weighted by molar-refractivity contribution is 5.95. The molecule has 0 fully saturated rings. The lowest BCUT2D eigenvalue weighted by Gasteiger charge is -2.17. The number of methoxy groups -OCH3 is 1. The van der Waals surface area contributed by atoms with Crippen LogP contribution in [0.3, 0.4) is 0 Å². The molecular weight excluding hydrogens is 324 g/mol. The van der Waals surface area contributed by atoms with E-state index in [1.807, 2.05) is 6.92 Å². The van der Waals surface area contributed by atoms with Crippen molar-refractivity contribution in [2.75, 3.05) is 13.7 Å². The molecule has 25 heavy (non-hydrogen) atoms. The minimum atomic E-state index is -1.03. The molecule has 7 nitrogen and oxygen atoms in total. The molecule has 0 spiro atoms. The molecule has 0 saturated heterocycles. The van der Waals surface area contributed by atoms with Gasteiger partial charge in [0.25, 0.3) is 5.91 Å². The number of carboxylic acid groups (broad SMARTS) is 1. The van der Waals surface area contributed by atoms with Crippen molar-refractivity contribution in [1.29, 1.82) is 0 Å². The molecule has 0 aliphatic carbocycles. The van der Waals surface area contributed by atoms with Crippen LogP contribution >= 0.6 is 0 Å². The topological polar surface area (TPSA) is 97.8 Å². The van der Waals surface area contributed by atoms with E-state index in [-0.39, 0.29) is 6.42 Å². The maximum atomic E-state index is 12.5. The maximum Gasteiger partial charge on any atom is 0.305 e. The Morgan fingerprint density at radius 2 is 2.04 bits per heavy atom. The summed E-state index contributed by atoms with van der Waals surface area (Å²) in [6, 6.07) is 9.19. The van der Waals surface area contributed by atoms with Gasteiger partial charge in [-0.2, -0.15) is 0 Å². The first-order valence-corrected chi connectivity index (χ1v) is 7.79. The predicted molar refractivity (Wildman–Crippen MR) is 90.9 cm³/mol. The molecule has 132 valence electrons. The molecule has 7 heteroatoms. The van der Waals surface area contributed by atoms with Crippen LogP contribution in [0.15, 0.2) is 42.6 Å². The minimum Gasteiger partial charge on any atom is -0.493 e.